The molecule has 0 atom stereocenters. The molecule has 0 aromatic rings. The number of hydrogen-bond acceptors (Lipinski definition) is 6. The highest BCUT2D eigenvalue weighted by atomic mass is 28.4. The van der Waals surface area contributed by atoms with Crippen molar-refractivity contribution >= 4 is 20.7 Å². The van der Waals surface area contributed by atoms with Gasteiger partial charge in [-0.15, -0.1) is 0 Å². The van der Waals surface area contributed by atoms with E-state index in [1.807, 2.05) is 0 Å². The summed E-state index contributed by atoms with van der Waals surface area (Å²) in [5.74, 6) is -1.21. The second kappa shape index (κ2) is 11.6. The van der Waals surface area contributed by atoms with Crippen molar-refractivity contribution < 1.29 is 32.7 Å². The summed E-state index contributed by atoms with van der Waals surface area (Å²) in [6, 6.07) is 0.611. The topological polar surface area (TPSA) is 91.3 Å². The summed E-state index contributed by atoms with van der Waals surface area (Å²) in [5.41, 5.74) is 0.397. The van der Waals surface area contributed by atoms with Crippen LogP contribution in [0.3, 0.4) is 0 Å². The van der Waals surface area contributed by atoms with Crippen LogP contribution in [0.2, 0.25) is 6.04 Å². The monoisotopic (exact) mass is 308 g/mol. The third-order valence-corrected chi connectivity index (χ3v) is 4.97. The van der Waals surface area contributed by atoms with E-state index in [4.69, 9.17) is 27.9 Å². The first kappa shape index (κ1) is 21.1. The van der Waals surface area contributed by atoms with Gasteiger partial charge < -0.3 is 23.1 Å². The van der Waals surface area contributed by atoms with Crippen molar-refractivity contribution in [2.45, 2.75) is 26.3 Å². The molecule has 7 nitrogen and oxygen atoms in total. The Balaban J connectivity index is 0. The van der Waals surface area contributed by atoms with Crippen LogP contribution < -0.4 is 0 Å². The van der Waals surface area contributed by atoms with Gasteiger partial charge in [0, 0.05) is 39.9 Å². The van der Waals surface area contributed by atoms with E-state index in [-0.39, 0.29) is 5.97 Å². The third kappa shape index (κ3) is 10.7. The lowest BCUT2D eigenvalue weighted by Crippen LogP contribution is -2.42. The van der Waals surface area contributed by atoms with Gasteiger partial charge in [-0.05, 0) is 13.3 Å². The maximum Gasteiger partial charge on any atom is 0.500 e. The summed E-state index contributed by atoms with van der Waals surface area (Å²) in [5, 5.41) is 7.42. The zero-order valence-electron chi connectivity index (χ0n) is 12.7. The molecule has 0 aromatic carbocycles. The minimum atomic E-state index is -2.53. The van der Waals surface area contributed by atoms with Gasteiger partial charge in [0.25, 0.3) is 5.97 Å². The van der Waals surface area contributed by atoms with Crippen LogP contribution in [0.1, 0.15) is 20.3 Å². The number of hydrogen-bond donors (Lipinski definition) is 1. The van der Waals surface area contributed by atoms with Gasteiger partial charge in [0.05, 0.1) is 6.61 Å². The van der Waals surface area contributed by atoms with Gasteiger partial charge in [0.2, 0.25) is 0 Å². The van der Waals surface area contributed by atoms with Crippen LogP contribution in [0.4, 0.5) is 0 Å². The number of carbonyl (C=O) groups is 2. The first-order valence-electron chi connectivity index (χ1n) is 5.92. The number of esters is 1. The van der Waals surface area contributed by atoms with Crippen LogP contribution >= 0.6 is 0 Å². The lowest BCUT2D eigenvalue weighted by atomic mass is 10.4. The van der Waals surface area contributed by atoms with Gasteiger partial charge in [-0.3, -0.25) is 4.79 Å². The number of carbonyl (C=O) groups excluding carboxylic acids is 1. The summed E-state index contributed by atoms with van der Waals surface area (Å²) in [6.45, 7) is 6.50. The molecular formula is C12H24O7Si. The predicted molar refractivity (Wildman–Crippen MR) is 75.3 cm³/mol. The van der Waals surface area contributed by atoms with Crippen molar-refractivity contribution in [3.8, 4) is 0 Å². The van der Waals surface area contributed by atoms with E-state index < -0.39 is 14.8 Å². The predicted octanol–water partition coefficient (Wildman–Crippen LogP) is 1.46. The Kier molecular flexibility index (Phi) is 12.2. The zero-order valence-corrected chi connectivity index (χ0v) is 13.7. The molecule has 0 fully saturated rings. The Morgan fingerprint density at radius 3 is 1.80 bits per heavy atom. The Hall–Kier alpha value is -1.22. The second-order valence-electron chi connectivity index (χ2n) is 3.83. The second-order valence-corrected chi connectivity index (χ2v) is 6.92. The Morgan fingerprint density at radius 2 is 1.50 bits per heavy atom. The summed E-state index contributed by atoms with van der Waals surface area (Å²) >= 11 is 0. The van der Waals surface area contributed by atoms with Crippen molar-refractivity contribution in [1.82, 2.24) is 0 Å². The first-order chi connectivity index (χ1) is 9.24. The molecular weight excluding hydrogens is 284 g/mol. The van der Waals surface area contributed by atoms with E-state index in [1.165, 1.54) is 0 Å². The summed E-state index contributed by atoms with van der Waals surface area (Å²) in [6.07, 6.45) is 0.640. The van der Waals surface area contributed by atoms with E-state index in [2.05, 4.69) is 6.58 Å². The fourth-order valence-electron chi connectivity index (χ4n) is 1.13. The van der Waals surface area contributed by atoms with E-state index in [9.17, 15) is 4.79 Å². The molecule has 0 saturated carbocycles. The van der Waals surface area contributed by atoms with Crippen molar-refractivity contribution in [3.63, 3.8) is 0 Å². The largest absolute Gasteiger partial charge is 0.500 e. The highest BCUT2D eigenvalue weighted by molar-refractivity contribution is 6.60. The molecule has 0 radical (unpaired) electrons. The van der Waals surface area contributed by atoms with Gasteiger partial charge in [-0.2, -0.15) is 0 Å². The van der Waals surface area contributed by atoms with Gasteiger partial charge in [0.15, 0.2) is 0 Å². The summed E-state index contributed by atoms with van der Waals surface area (Å²) in [4.78, 5) is 20.1. The fourth-order valence-corrected chi connectivity index (χ4v) is 2.82. The van der Waals surface area contributed by atoms with Crippen LogP contribution in [0, 0.1) is 0 Å². The number of carboxylic acids is 1. The van der Waals surface area contributed by atoms with Gasteiger partial charge in [0.1, 0.15) is 0 Å². The molecule has 0 aliphatic rings. The average Bonchev–Trinajstić information content (AvgIpc) is 2.39. The minimum absolute atomic E-state index is 0.316. The van der Waals surface area contributed by atoms with Crippen molar-refractivity contribution in [1.29, 1.82) is 0 Å². The summed E-state index contributed by atoms with van der Waals surface area (Å²) in [7, 11) is 2.13. The maximum atomic E-state index is 11.1. The summed E-state index contributed by atoms with van der Waals surface area (Å²) < 4.78 is 20.6. The van der Waals surface area contributed by atoms with Gasteiger partial charge in [-0.25, -0.2) is 4.79 Å². The van der Waals surface area contributed by atoms with Crippen molar-refractivity contribution in [2.75, 3.05) is 27.9 Å². The Labute approximate surface area is 120 Å². The van der Waals surface area contributed by atoms with Crippen LogP contribution in [0.15, 0.2) is 12.2 Å². The fraction of sp³-hybridized carbons (Fsp3) is 0.667. The zero-order chi connectivity index (χ0) is 16.2. The van der Waals surface area contributed by atoms with Crippen LogP contribution in [0.5, 0.6) is 0 Å². The standard InChI is InChI=1S/C10H20O5Si.C2H4O2/c1-9(2)10(11)15-7-6-8-16(12-3,13-4)14-5;1-2(3)4/h1,6-8H2,2-5H3;1H3,(H,3,4). The number of rotatable bonds is 8. The molecule has 20 heavy (non-hydrogen) atoms. The average molecular weight is 308 g/mol. The Morgan fingerprint density at radius 1 is 1.10 bits per heavy atom. The molecule has 118 valence electrons. The smallest absolute Gasteiger partial charge is 0.481 e. The molecule has 0 unspecified atom stereocenters. The number of carboxylic acid groups (broad SMARTS) is 1. The van der Waals surface area contributed by atoms with Crippen molar-refractivity contribution in [2.24, 2.45) is 0 Å². The van der Waals surface area contributed by atoms with Crippen LogP contribution in [0.25, 0.3) is 0 Å². The number of aliphatic carboxylic acids is 1. The third-order valence-electron chi connectivity index (χ3n) is 2.14. The number of ether oxygens (including phenoxy) is 1. The molecule has 8 heteroatoms. The minimum Gasteiger partial charge on any atom is -0.481 e. The van der Waals surface area contributed by atoms with E-state index >= 15 is 0 Å². The van der Waals surface area contributed by atoms with Crippen LogP contribution in [-0.2, 0) is 27.6 Å². The molecule has 0 heterocycles. The molecule has 0 aliphatic carbocycles. The normalized spacial score (nSPS) is 10.2. The maximum absolute atomic E-state index is 11.1. The van der Waals surface area contributed by atoms with Gasteiger partial charge >= 0.3 is 14.8 Å². The van der Waals surface area contributed by atoms with E-state index in [0.29, 0.717) is 24.6 Å². The van der Waals surface area contributed by atoms with Crippen molar-refractivity contribution in [3.05, 3.63) is 12.2 Å². The highest BCUT2D eigenvalue weighted by Crippen LogP contribution is 2.14. The highest BCUT2D eigenvalue weighted by Gasteiger charge is 2.36. The molecule has 0 saturated heterocycles. The van der Waals surface area contributed by atoms with Crippen LogP contribution in [-0.4, -0.2) is 53.8 Å². The molecule has 1 N–H and O–H groups in total. The molecule has 0 spiro atoms. The Bertz CT molecular complexity index is 301. The molecule has 0 amide bonds. The molecule has 0 rings (SSSR count). The van der Waals surface area contributed by atoms with E-state index in [0.717, 1.165) is 6.92 Å². The lowest BCUT2D eigenvalue weighted by Gasteiger charge is -2.24. The van der Waals surface area contributed by atoms with E-state index in [1.54, 1.807) is 28.3 Å². The molecule has 0 aliphatic heterocycles. The van der Waals surface area contributed by atoms with Gasteiger partial charge in [-0.1, -0.05) is 6.58 Å². The molecule has 0 aromatic heterocycles. The SMILES string of the molecule is C=C(C)C(=O)OCCC[Si](OC)(OC)OC.CC(=O)O. The molecule has 0 bridgehead atoms. The first-order valence-corrected chi connectivity index (χ1v) is 7.85. The lowest BCUT2D eigenvalue weighted by molar-refractivity contribution is -0.139. The quantitative estimate of drug-likeness (QED) is 0.314.